The summed E-state index contributed by atoms with van der Waals surface area (Å²) in [7, 11) is 3.37. The van der Waals surface area contributed by atoms with E-state index >= 15 is 0 Å². The van der Waals surface area contributed by atoms with Crippen LogP contribution in [0.4, 0.5) is 0 Å². The molecule has 0 saturated heterocycles. The maximum Gasteiger partial charge on any atom is 0.130 e. The van der Waals surface area contributed by atoms with Gasteiger partial charge in [0.05, 0.1) is 19.8 Å². The molecule has 0 radical (unpaired) electrons. The summed E-state index contributed by atoms with van der Waals surface area (Å²) in [6.45, 7) is 7.38. The van der Waals surface area contributed by atoms with Crippen molar-refractivity contribution < 1.29 is 9.47 Å². The smallest absolute Gasteiger partial charge is 0.130 e. The van der Waals surface area contributed by atoms with Gasteiger partial charge in [-0.25, -0.2) is 0 Å². The minimum Gasteiger partial charge on any atom is -0.496 e. The Morgan fingerprint density at radius 3 is 2.26 bits per heavy atom. The van der Waals surface area contributed by atoms with Crippen molar-refractivity contribution in [1.29, 1.82) is 0 Å². The number of allylic oxidation sites excluding steroid dienone is 1. The molecule has 0 aliphatic heterocycles. The van der Waals surface area contributed by atoms with E-state index < -0.39 is 0 Å². The normalized spacial score (nSPS) is 11.8. The molecule has 106 valence electrons. The van der Waals surface area contributed by atoms with Gasteiger partial charge in [0.1, 0.15) is 11.5 Å². The van der Waals surface area contributed by atoms with Crippen LogP contribution in [-0.2, 0) is 0 Å². The minimum atomic E-state index is 0.523. The van der Waals surface area contributed by atoms with Gasteiger partial charge < -0.3 is 14.8 Å². The monoisotopic (exact) mass is 263 g/mol. The van der Waals surface area contributed by atoms with E-state index in [1.54, 1.807) is 14.2 Å². The van der Waals surface area contributed by atoms with E-state index in [4.69, 9.17) is 9.47 Å². The Bertz CT molecular complexity index is 403. The summed E-state index contributed by atoms with van der Waals surface area (Å²) in [5, 5.41) is 3.40. The second-order valence-electron chi connectivity index (χ2n) is 4.82. The summed E-state index contributed by atoms with van der Waals surface area (Å²) >= 11 is 0. The van der Waals surface area contributed by atoms with Gasteiger partial charge in [-0.2, -0.15) is 0 Å². The molecule has 1 aromatic carbocycles. The predicted octanol–water partition coefficient (Wildman–Crippen LogP) is 3.50. The van der Waals surface area contributed by atoms with Crippen LogP contribution >= 0.6 is 0 Å². The zero-order chi connectivity index (χ0) is 14.3. The van der Waals surface area contributed by atoms with E-state index in [0.29, 0.717) is 6.04 Å². The van der Waals surface area contributed by atoms with Crippen molar-refractivity contribution >= 4 is 5.57 Å². The van der Waals surface area contributed by atoms with Crippen LogP contribution in [0.2, 0.25) is 0 Å². The Morgan fingerprint density at radius 2 is 1.79 bits per heavy atom. The molecule has 3 nitrogen and oxygen atoms in total. The lowest BCUT2D eigenvalue weighted by atomic mass is 10.0. The van der Waals surface area contributed by atoms with Gasteiger partial charge in [-0.05, 0) is 37.6 Å². The third kappa shape index (κ3) is 4.60. The second kappa shape index (κ2) is 7.85. The van der Waals surface area contributed by atoms with Crippen LogP contribution in [0.1, 0.15) is 32.8 Å². The molecule has 0 saturated carbocycles. The highest BCUT2D eigenvalue weighted by molar-refractivity contribution is 5.74. The van der Waals surface area contributed by atoms with Gasteiger partial charge in [-0.15, -0.1) is 0 Å². The molecule has 0 atom stereocenters. The van der Waals surface area contributed by atoms with Crippen LogP contribution in [0.5, 0.6) is 11.5 Å². The average molecular weight is 263 g/mol. The zero-order valence-corrected chi connectivity index (χ0v) is 12.6. The first-order valence-corrected chi connectivity index (χ1v) is 6.71. The summed E-state index contributed by atoms with van der Waals surface area (Å²) in [5.74, 6) is 1.70. The van der Waals surface area contributed by atoms with E-state index in [-0.39, 0.29) is 0 Å². The highest BCUT2D eigenvalue weighted by atomic mass is 16.5. The molecular formula is C16H25NO2. The van der Waals surface area contributed by atoms with E-state index in [9.17, 15) is 0 Å². The first kappa shape index (κ1) is 15.6. The number of hydrogen-bond donors (Lipinski definition) is 1. The van der Waals surface area contributed by atoms with Crippen LogP contribution in [0.15, 0.2) is 24.3 Å². The van der Waals surface area contributed by atoms with Crippen LogP contribution < -0.4 is 14.8 Å². The van der Waals surface area contributed by atoms with Crippen LogP contribution in [0.3, 0.4) is 0 Å². The molecule has 19 heavy (non-hydrogen) atoms. The van der Waals surface area contributed by atoms with E-state index in [2.05, 4.69) is 32.2 Å². The molecule has 0 aromatic heterocycles. The van der Waals surface area contributed by atoms with Crippen molar-refractivity contribution in [1.82, 2.24) is 5.32 Å². The van der Waals surface area contributed by atoms with Crippen LogP contribution in [-0.4, -0.2) is 26.8 Å². The summed E-state index contributed by atoms with van der Waals surface area (Å²) < 4.78 is 10.8. The number of nitrogens with one attached hydrogen (secondary N) is 1. The van der Waals surface area contributed by atoms with Crippen LogP contribution in [0.25, 0.3) is 5.57 Å². The van der Waals surface area contributed by atoms with E-state index in [1.165, 1.54) is 5.57 Å². The standard InChI is InChI=1S/C16H25NO2/c1-12(2)17-11-7-8-13(3)16-14(18-4)9-6-10-15(16)19-5/h6,8-10,12,17H,7,11H2,1-5H3/b13-8+. The van der Waals surface area contributed by atoms with Crippen molar-refractivity contribution in [3.05, 3.63) is 29.8 Å². The fourth-order valence-electron chi connectivity index (χ4n) is 2.00. The molecule has 0 unspecified atom stereocenters. The highest BCUT2D eigenvalue weighted by Crippen LogP contribution is 2.34. The maximum atomic E-state index is 5.42. The average Bonchev–Trinajstić information content (AvgIpc) is 2.42. The summed E-state index contributed by atoms with van der Waals surface area (Å²) in [5.41, 5.74) is 2.22. The Labute approximate surface area is 116 Å². The van der Waals surface area contributed by atoms with E-state index in [1.807, 2.05) is 18.2 Å². The lowest BCUT2D eigenvalue weighted by Gasteiger charge is -2.13. The fourth-order valence-corrected chi connectivity index (χ4v) is 2.00. The van der Waals surface area contributed by atoms with Gasteiger partial charge in [0.15, 0.2) is 0 Å². The third-order valence-electron chi connectivity index (χ3n) is 2.97. The number of rotatable bonds is 7. The molecule has 0 heterocycles. The topological polar surface area (TPSA) is 30.5 Å². The van der Waals surface area contributed by atoms with Gasteiger partial charge in [-0.3, -0.25) is 0 Å². The first-order valence-electron chi connectivity index (χ1n) is 6.71. The van der Waals surface area contributed by atoms with Crippen molar-refractivity contribution in [3.63, 3.8) is 0 Å². The quantitative estimate of drug-likeness (QED) is 0.764. The lowest BCUT2D eigenvalue weighted by molar-refractivity contribution is 0.392. The summed E-state index contributed by atoms with van der Waals surface area (Å²) in [4.78, 5) is 0. The van der Waals surface area contributed by atoms with Crippen molar-refractivity contribution in [2.24, 2.45) is 0 Å². The lowest BCUT2D eigenvalue weighted by Crippen LogP contribution is -2.23. The van der Waals surface area contributed by atoms with Gasteiger partial charge in [0.25, 0.3) is 0 Å². The molecule has 0 bridgehead atoms. The molecule has 0 aliphatic rings. The molecule has 0 aliphatic carbocycles. The number of hydrogen-bond acceptors (Lipinski definition) is 3. The summed E-state index contributed by atoms with van der Waals surface area (Å²) in [6.07, 6.45) is 3.21. The molecule has 3 heteroatoms. The van der Waals surface area contributed by atoms with Crippen molar-refractivity contribution in [2.45, 2.75) is 33.2 Å². The Balaban J connectivity index is 2.85. The van der Waals surface area contributed by atoms with Crippen LogP contribution in [0, 0.1) is 0 Å². The van der Waals surface area contributed by atoms with Crippen molar-refractivity contribution in [2.75, 3.05) is 20.8 Å². The molecule has 1 aromatic rings. The molecular weight excluding hydrogens is 238 g/mol. The molecule has 1 rings (SSSR count). The van der Waals surface area contributed by atoms with Gasteiger partial charge in [-0.1, -0.05) is 26.0 Å². The third-order valence-corrected chi connectivity index (χ3v) is 2.97. The Kier molecular flexibility index (Phi) is 6.43. The molecule has 0 amide bonds. The van der Waals surface area contributed by atoms with Crippen molar-refractivity contribution in [3.8, 4) is 11.5 Å². The summed E-state index contributed by atoms with van der Waals surface area (Å²) in [6, 6.07) is 6.38. The van der Waals surface area contributed by atoms with Gasteiger partial charge in [0.2, 0.25) is 0 Å². The number of benzene rings is 1. The molecule has 0 fully saturated rings. The molecule has 0 spiro atoms. The number of ether oxygens (including phenoxy) is 2. The Hall–Kier alpha value is -1.48. The Morgan fingerprint density at radius 1 is 1.21 bits per heavy atom. The highest BCUT2D eigenvalue weighted by Gasteiger charge is 2.10. The number of methoxy groups -OCH3 is 2. The first-order chi connectivity index (χ1) is 9.10. The van der Waals surface area contributed by atoms with E-state index in [0.717, 1.165) is 30.0 Å². The van der Waals surface area contributed by atoms with Gasteiger partial charge >= 0.3 is 0 Å². The zero-order valence-electron chi connectivity index (χ0n) is 12.6. The predicted molar refractivity (Wildman–Crippen MR) is 81.0 cm³/mol. The van der Waals surface area contributed by atoms with Gasteiger partial charge in [0, 0.05) is 6.04 Å². The molecule has 1 N–H and O–H groups in total. The fraction of sp³-hybridized carbons (Fsp3) is 0.500. The SMILES string of the molecule is COc1cccc(OC)c1/C(C)=C/CCNC(C)C. The second-order valence-corrected chi connectivity index (χ2v) is 4.82. The minimum absolute atomic E-state index is 0.523. The maximum absolute atomic E-state index is 5.42. The largest absolute Gasteiger partial charge is 0.496 e.